The van der Waals surface area contributed by atoms with Gasteiger partial charge in [0, 0.05) is 34.6 Å². The SMILES string of the molecule is CCc1cccc(CC)c1-n1c(CC(C)C)c(C(=O)N2CCCC(=O)C2c2ccccc2)cc(-c2nc(-c3ccc(Cl)cc3)cs2)c1=O. The summed E-state index contributed by atoms with van der Waals surface area (Å²) in [4.78, 5) is 50.1. The van der Waals surface area contributed by atoms with Crippen LogP contribution in [0.4, 0.5) is 0 Å². The van der Waals surface area contributed by atoms with Crippen LogP contribution in [0.15, 0.2) is 89.0 Å². The average Bonchev–Trinajstić information content (AvgIpc) is 3.58. The fraction of sp³-hybridized carbons (Fsp3) is 0.300. The molecule has 8 heteroatoms. The first-order valence-electron chi connectivity index (χ1n) is 16.7. The molecule has 1 fully saturated rings. The van der Waals surface area contributed by atoms with Gasteiger partial charge in [0.2, 0.25) is 0 Å². The molecule has 3 heterocycles. The molecule has 5 aromatic rings. The van der Waals surface area contributed by atoms with Gasteiger partial charge < -0.3 is 4.90 Å². The Balaban J connectivity index is 1.63. The van der Waals surface area contributed by atoms with Gasteiger partial charge in [0.15, 0.2) is 5.78 Å². The summed E-state index contributed by atoms with van der Waals surface area (Å²) in [5.41, 5.74) is 6.58. The van der Waals surface area contributed by atoms with Crippen LogP contribution in [-0.2, 0) is 24.1 Å². The van der Waals surface area contributed by atoms with Crippen LogP contribution in [0.5, 0.6) is 0 Å². The Kier molecular flexibility index (Phi) is 10.1. The first kappa shape index (κ1) is 33.6. The quantitative estimate of drug-likeness (QED) is 0.156. The number of likely N-dealkylation sites (tertiary alicyclic amines) is 1. The molecular weight excluding hydrogens is 638 g/mol. The first-order valence-corrected chi connectivity index (χ1v) is 18.0. The molecule has 6 rings (SSSR count). The van der Waals surface area contributed by atoms with Gasteiger partial charge in [-0.25, -0.2) is 4.98 Å². The van der Waals surface area contributed by atoms with Gasteiger partial charge in [-0.2, -0.15) is 0 Å². The summed E-state index contributed by atoms with van der Waals surface area (Å²) in [7, 11) is 0. The number of thiazole rings is 1. The maximum atomic E-state index is 15.0. The molecule has 1 atom stereocenters. The minimum Gasteiger partial charge on any atom is -0.324 e. The summed E-state index contributed by atoms with van der Waals surface area (Å²) >= 11 is 7.52. The molecule has 1 amide bonds. The third-order valence-electron chi connectivity index (χ3n) is 9.01. The number of pyridine rings is 1. The lowest BCUT2D eigenvalue weighted by Crippen LogP contribution is -2.44. The molecule has 48 heavy (non-hydrogen) atoms. The first-order chi connectivity index (χ1) is 23.2. The minimum atomic E-state index is -0.686. The number of Topliss-reactive ketones (excluding diaryl/α,β-unsaturated/α-hetero) is 1. The highest BCUT2D eigenvalue weighted by Crippen LogP contribution is 2.35. The van der Waals surface area contributed by atoms with E-state index in [-0.39, 0.29) is 23.2 Å². The number of rotatable bonds is 9. The Labute approximate surface area is 291 Å². The van der Waals surface area contributed by atoms with E-state index in [0.29, 0.717) is 52.7 Å². The zero-order valence-corrected chi connectivity index (χ0v) is 29.4. The molecule has 1 aliphatic rings. The van der Waals surface area contributed by atoms with E-state index in [1.165, 1.54) is 11.3 Å². The Morgan fingerprint density at radius 2 is 1.65 bits per heavy atom. The Morgan fingerprint density at radius 3 is 2.29 bits per heavy atom. The fourth-order valence-electron chi connectivity index (χ4n) is 6.71. The fourth-order valence-corrected chi connectivity index (χ4v) is 7.67. The molecule has 6 nitrogen and oxygen atoms in total. The third kappa shape index (κ3) is 6.54. The van der Waals surface area contributed by atoms with Crippen molar-refractivity contribution in [3.63, 3.8) is 0 Å². The second-order valence-electron chi connectivity index (χ2n) is 12.7. The number of carbonyl (C=O) groups excluding carboxylic acids is 2. The lowest BCUT2D eigenvalue weighted by molar-refractivity contribution is -0.126. The molecule has 0 radical (unpaired) electrons. The smallest absolute Gasteiger partial charge is 0.265 e. The third-order valence-corrected chi connectivity index (χ3v) is 10.1. The van der Waals surface area contributed by atoms with Crippen LogP contribution in [0.1, 0.15) is 79.3 Å². The number of piperidine rings is 1. The van der Waals surface area contributed by atoms with E-state index in [4.69, 9.17) is 16.6 Å². The summed E-state index contributed by atoms with van der Waals surface area (Å²) in [5.74, 6) is -0.0721. The average molecular weight is 678 g/mol. The lowest BCUT2D eigenvalue weighted by Gasteiger charge is -2.36. The molecule has 1 saturated heterocycles. The highest BCUT2D eigenvalue weighted by atomic mass is 35.5. The molecule has 0 N–H and O–H groups in total. The van der Waals surface area contributed by atoms with E-state index in [9.17, 15) is 9.59 Å². The van der Waals surface area contributed by atoms with E-state index in [2.05, 4.69) is 39.8 Å². The van der Waals surface area contributed by atoms with Crippen LogP contribution < -0.4 is 5.56 Å². The Morgan fingerprint density at radius 1 is 0.958 bits per heavy atom. The van der Waals surface area contributed by atoms with Crippen LogP contribution in [0, 0.1) is 5.92 Å². The number of aromatic nitrogens is 2. The molecule has 1 unspecified atom stereocenters. The highest BCUT2D eigenvalue weighted by Gasteiger charge is 2.37. The van der Waals surface area contributed by atoms with Crippen LogP contribution >= 0.6 is 22.9 Å². The van der Waals surface area contributed by atoms with Crippen LogP contribution in [0.25, 0.3) is 27.5 Å². The number of nitrogens with zero attached hydrogens (tertiary/aromatic N) is 3. The summed E-state index contributed by atoms with van der Waals surface area (Å²) in [6.45, 7) is 8.82. The second-order valence-corrected chi connectivity index (χ2v) is 14.0. The molecular formula is C40H40ClN3O3S. The van der Waals surface area contributed by atoms with Crippen molar-refractivity contribution in [2.24, 2.45) is 5.92 Å². The van der Waals surface area contributed by atoms with E-state index in [1.807, 2.05) is 66.0 Å². The summed E-state index contributed by atoms with van der Waals surface area (Å²) in [5, 5.41) is 3.09. The van der Waals surface area contributed by atoms with Gasteiger partial charge in [0.1, 0.15) is 11.0 Å². The Hall–Kier alpha value is -4.33. The van der Waals surface area contributed by atoms with E-state index < -0.39 is 6.04 Å². The van der Waals surface area contributed by atoms with Gasteiger partial charge in [-0.05, 0) is 66.5 Å². The normalized spacial score (nSPS) is 14.9. The van der Waals surface area contributed by atoms with Crippen molar-refractivity contribution in [3.05, 3.63) is 128 Å². The number of hydrogen-bond acceptors (Lipinski definition) is 5. The van der Waals surface area contributed by atoms with Crippen molar-refractivity contribution in [2.45, 2.75) is 65.8 Å². The number of ketones is 1. The summed E-state index contributed by atoms with van der Waals surface area (Å²) in [6, 6.07) is 24.2. The lowest BCUT2D eigenvalue weighted by atomic mass is 9.92. The molecule has 3 aromatic carbocycles. The van der Waals surface area contributed by atoms with Gasteiger partial charge in [-0.3, -0.25) is 19.0 Å². The van der Waals surface area contributed by atoms with Gasteiger partial charge in [-0.15, -0.1) is 11.3 Å². The largest absolute Gasteiger partial charge is 0.324 e. The molecule has 0 saturated carbocycles. The molecule has 0 aliphatic carbocycles. The number of halogens is 1. The van der Waals surface area contributed by atoms with Crippen molar-refractivity contribution < 1.29 is 9.59 Å². The van der Waals surface area contributed by atoms with Gasteiger partial charge in [0.25, 0.3) is 11.5 Å². The topological polar surface area (TPSA) is 72.3 Å². The Bertz CT molecular complexity index is 1990. The highest BCUT2D eigenvalue weighted by molar-refractivity contribution is 7.13. The van der Waals surface area contributed by atoms with Crippen LogP contribution in [-0.4, -0.2) is 32.7 Å². The van der Waals surface area contributed by atoms with Crippen molar-refractivity contribution >= 4 is 34.6 Å². The van der Waals surface area contributed by atoms with E-state index in [0.717, 1.165) is 46.5 Å². The van der Waals surface area contributed by atoms with E-state index >= 15 is 4.79 Å². The van der Waals surface area contributed by atoms with Crippen LogP contribution in [0.2, 0.25) is 5.02 Å². The standard InChI is InChI=1S/C40H40ClN3O3S/c1-5-26-14-10-15-27(6-2)36(26)44-34(22-25(3)4)31(39(46)43-21-11-16-35(45)37(43)29-12-8-7-9-13-29)23-32(40(44)47)38-42-33(24-48-38)28-17-19-30(41)20-18-28/h7-10,12-15,17-20,23-25,37H,5-6,11,16,21-22H2,1-4H3. The second kappa shape index (κ2) is 14.4. The monoisotopic (exact) mass is 677 g/mol. The molecule has 1 aliphatic heterocycles. The van der Waals surface area contributed by atoms with Gasteiger partial charge >= 0.3 is 0 Å². The summed E-state index contributed by atoms with van der Waals surface area (Å²) in [6.07, 6.45) is 2.96. The molecule has 246 valence electrons. The van der Waals surface area contributed by atoms with Crippen molar-refractivity contribution in [1.82, 2.24) is 14.5 Å². The molecule has 2 aromatic heterocycles. The number of para-hydroxylation sites is 1. The van der Waals surface area contributed by atoms with Crippen molar-refractivity contribution in [3.8, 4) is 27.5 Å². The molecule has 0 bridgehead atoms. The van der Waals surface area contributed by atoms with Crippen molar-refractivity contribution in [2.75, 3.05) is 6.54 Å². The predicted octanol–water partition coefficient (Wildman–Crippen LogP) is 9.15. The number of carbonyl (C=O) groups is 2. The van der Waals surface area contributed by atoms with Crippen LogP contribution in [0.3, 0.4) is 0 Å². The van der Waals surface area contributed by atoms with Crippen molar-refractivity contribution in [1.29, 1.82) is 0 Å². The minimum absolute atomic E-state index is 0.0249. The van der Waals surface area contributed by atoms with E-state index in [1.54, 1.807) is 15.5 Å². The number of amides is 1. The molecule has 0 spiro atoms. The number of aryl methyl sites for hydroxylation is 2. The van der Waals surface area contributed by atoms with Gasteiger partial charge in [0.05, 0.1) is 22.5 Å². The maximum absolute atomic E-state index is 15.0. The summed E-state index contributed by atoms with van der Waals surface area (Å²) < 4.78 is 1.80. The zero-order valence-electron chi connectivity index (χ0n) is 27.8. The number of hydrogen-bond donors (Lipinski definition) is 0. The number of benzene rings is 3. The van der Waals surface area contributed by atoms with Gasteiger partial charge in [-0.1, -0.05) is 100.0 Å². The maximum Gasteiger partial charge on any atom is 0.265 e. The zero-order chi connectivity index (χ0) is 33.9. The predicted molar refractivity (Wildman–Crippen MR) is 195 cm³/mol.